The molecule has 0 atom stereocenters. The fraction of sp³-hybridized carbons (Fsp3) is 0.167. The lowest BCUT2D eigenvalue weighted by Gasteiger charge is -2.18. The maximum atomic E-state index is 6.00. The van der Waals surface area contributed by atoms with Crippen LogP contribution in [0.4, 0.5) is 17.5 Å². The minimum Gasteiger partial charge on any atom is -0.359 e. The molecule has 0 aliphatic rings. The second-order valence-electron chi connectivity index (χ2n) is 5.40. The zero-order valence-electron chi connectivity index (χ0n) is 13.4. The number of likely N-dealkylation sites (N-methyl/N-ethyl adjacent to an activating group) is 1. The molecule has 0 saturated carbocycles. The van der Waals surface area contributed by atoms with Crippen LogP contribution in [0.15, 0.2) is 61.1 Å². The van der Waals surface area contributed by atoms with Crippen molar-refractivity contribution in [3.63, 3.8) is 0 Å². The van der Waals surface area contributed by atoms with Gasteiger partial charge in [-0.1, -0.05) is 17.7 Å². The number of hydrogen-bond acceptors (Lipinski definition) is 5. The lowest BCUT2D eigenvalue weighted by molar-refractivity contribution is 0.855. The van der Waals surface area contributed by atoms with Crippen LogP contribution in [0.1, 0.15) is 5.56 Å². The summed E-state index contributed by atoms with van der Waals surface area (Å²) in [5.74, 6) is 1.41. The summed E-state index contributed by atoms with van der Waals surface area (Å²) in [7, 11) is 2.02. The fourth-order valence-corrected chi connectivity index (χ4v) is 2.47. The van der Waals surface area contributed by atoms with Gasteiger partial charge in [-0.3, -0.25) is 4.98 Å². The number of nitrogens with one attached hydrogen (secondary N) is 1. The zero-order valence-corrected chi connectivity index (χ0v) is 14.1. The Bertz CT molecular complexity index is 794. The molecule has 0 radical (unpaired) electrons. The van der Waals surface area contributed by atoms with E-state index in [9.17, 15) is 0 Å². The number of aromatic nitrogens is 3. The van der Waals surface area contributed by atoms with E-state index in [0.717, 1.165) is 24.5 Å². The number of nitrogens with zero attached hydrogens (tertiary/aromatic N) is 4. The maximum Gasteiger partial charge on any atom is 0.229 e. The van der Waals surface area contributed by atoms with Crippen molar-refractivity contribution in [2.75, 3.05) is 23.8 Å². The number of benzene rings is 1. The van der Waals surface area contributed by atoms with Crippen molar-refractivity contribution in [1.82, 2.24) is 15.0 Å². The van der Waals surface area contributed by atoms with E-state index in [-0.39, 0.29) is 0 Å². The summed E-state index contributed by atoms with van der Waals surface area (Å²) in [5.41, 5.74) is 2.11. The topological polar surface area (TPSA) is 53.9 Å². The zero-order chi connectivity index (χ0) is 16.8. The molecule has 0 fully saturated rings. The van der Waals surface area contributed by atoms with Gasteiger partial charge < -0.3 is 10.2 Å². The van der Waals surface area contributed by atoms with Gasteiger partial charge in [0.05, 0.1) is 0 Å². The van der Waals surface area contributed by atoms with Crippen molar-refractivity contribution >= 4 is 29.1 Å². The minimum atomic E-state index is 0.547. The van der Waals surface area contributed by atoms with Crippen LogP contribution in [0, 0.1) is 0 Å². The van der Waals surface area contributed by atoms with E-state index < -0.39 is 0 Å². The summed E-state index contributed by atoms with van der Waals surface area (Å²) in [4.78, 5) is 15.0. The highest BCUT2D eigenvalue weighted by Gasteiger charge is 2.06. The summed E-state index contributed by atoms with van der Waals surface area (Å²) >= 11 is 6.00. The van der Waals surface area contributed by atoms with E-state index in [1.807, 2.05) is 61.9 Å². The Morgan fingerprint density at radius 2 is 1.92 bits per heavy atom. The average Bonchev–Trinajstić information content (AvgIpc) is 2.61. The predicted molar refractivity (Wildman–Crippen MR) is 98.0 cm³/mol. The highest BCUT2D eigenvalue weighted by molar-refractivity contribution is 6.30. The molecule has 0 unspecified atom stereocenters. The summed E-state index contributed by atoms with van der Waals surface area (Å²) < 4.78 is 0. The Morgan fingerprint density at radius 3 is 2.71 bits per heavy atom. The van der Waals surface area contributed by atoms with Gasteiger partial charge in [0.25, 0.3) is 0 Å². The van der Waals surface area contributed by atoms with Gasteiger partial charge in [-0.2, -0.15) is 4.98 Å². The van der Waals surface area contributed by atoms with Crippen molar-refractivity contribution in [2.45, 2.75) is 6.42 Å². The van der Waals surface area contributed by atoms with Gasteiger partial charge in [0.15, 0.2) is 0 Å². The van der Waals surface area contributed by atoms with Crippen molar-refractivity contribution in [3.05, 3.63) is 71.6 Å². The molecule has 0 bridgehead atoms. The molecule has 122 valence electrons. The van der Waals surface area contributed by atoms with Crippen molar-refractivity contribution in [3.8, 4) is 0 Å². The largest absolute Gasteiger partial charge is 0.359 e. The lowest BCUT2D eigenvalue weighted by atomic mass is 10.2. The van der Waals surface area contributed by atoms with Gasteiger partial charge in [-0.15, -0.1) is 0 Å². The molecule has 2 aromatic heterocycles. The Kier molecular flexibility index (Phi) is 5.23. The van der Waals surface area contributed by atoms with E-state index >= 15 is 0 Å². The van der Waals surface area contributed by atoms with E-state index in [0.29, 0.717) is 11.0 Å². The summed E-state index contributed by atoms with van der Waals surface area (Å²) in [6.45, 7) is 0.859. The molecule has 24 heavy (non-hydrogen) atoms. The normalized spacial score (nSPS) is 10.4. The molecule has 0 spiro atoms. The first kappa shape index (κ1) is 16.2. The Morgan fingerprint density at radius 1 is 1.08 bits per heavy atom. The number of pyridine rings is 1. The molecular weight excluding hydrogens is 322 g/mol. The minimum absolute atomic E-state index is 0.547. The van der Waals surface area contributed by atoms with Gasteiger partial charge in [0.1, 0.15) is 5.82 Å². The molecule has 0 amide bonds. The SMILES string of the molecule is CN(CCc1ccncc1)c1ccnc(Nc2cccc(Cl)c2)n1. The van der Waals surface area contributed by atoms with Crippen LogP contribution in [0.5, 0.6) is 0 Å². The number of rotatable bonds is 6. The fourth-order valence-electron chi connectivity index (χ4n) is 2.28. The highest BCUT2D eigenvalue weighted by Crippen LogP contribution is 2.19. The molecule has 2 heterocycles. The number of halogens is 1. The predicted octanol–water partition coefficient (Wildman–Crippen LogP) is 3.95. The maximum absolute atomic E-state index is 6.00. The molecule has 1 aromatic carbocycles. The van der Waals surface area contributed by atoms with Gasteiger partial charge in [-0.05, 0) is 48.4 Å². The molecule has 0 aliphatic heterocycles. The Hall–Kier alpha value is -2.66. The van der Waals surface area contributed by atoms with Gasteiger partial charge in [0.2, 0.25) is 5.95 Å². The first-order chi connectivity index (χ1) is 11.7. The monoisotopic (exact) mass is 339 g/mol. The Balaban J connectivity index is 1.66. The third-order valence-corrected chi connectivity index (χ3v) is 3.83. The van der Waals surface area contributed by atoms with E-state index in [1.54, 1.807) is 6.20 Å². The summed E-state index contributed by atoms with van der Waals surface area (Å²) in [6.07, 6.45) is 6.30. The number of anilines is 3. The summed E-state index contributed by atoms with van der Waals surface area (Å²) in [5, 5.41) is 3.84. The molecule has 5 nitrogen and oxygen atoms in total. The summed E-state index contributed by atoms with van der Waals surface area (Å²) in [6, 6.07) is 13.4. The van der Waals surface area contributed by atoms with Crippen LogP contribution < -0.4 is 10.2 Å². The van der Waals surface area contributed by atoms with Crippen molar-refractivity contribution in [1.29, 1.82) is 0 Å². The molecule has 3 rings (SSSR count). The van der Waals surface area contributed by atoms with Crippen molar-refractivity contribution < 1.29 is 0 Å². The molecule has 3 aromatic rings. The molecular formula is C18H18ClN5. The second kappa shape index (κ2) is 7.75. The van der Waals surface area contributed by atoms with Gasteiger partial charge >= 0.3 is 0 Å². The second-order valence-corrected chi connectivity index (χ2v) is 5.84. The van der Waals surface area contributed by atoms with Crippen LogP contribution in [0.3, 0.4) is 0 Å². The lowest BCUT2D eigenvalue weighted by Crippen LogP contribution is -2.21. The Labute approximate surface area is 146 Å². The third kappa shape index (κ3) is 4.43. The van der Waals surface area contributed by atoms with E-state index in [4.69, 9.17) is 11.6 Å². The van der Waals surface area contributed by atoms with Crippen molar-refractivity contribution in [2.24, 2.45) is 0 Å². The van der Waals surface area contributed by atoms with E-state index in [2.05, 4.69) is 25.2 Å². The van der Waals surface area contributed by atoms with Gasteiger partial charge in [-0.25, -0.2) is 4.98 Å². The first-order valence-electron chi connectivity index (χ1n) is 7.66. The van der Waals surface area contributed by atoms with Crippen LogP contribution >= 0.6 is 11.6 Å². The quantitative estimate of drug-likeness (QED) is 0.737. The highest BCUT2D eigenvalue weighted by atomic mass is 35.5. The van der Waals surface area contributed by atoms with E-state index in [1.165, 1.54) is 5.56 Å². The smallest absolute Gasteiger partial charge is 0.229 e. The first-order valence-corrected chi connectivity index (χ1v) is 8.04. The molecule has 6 heteroatoms. The van der Waals surface area contributed by atoms with Crippen LogP contribution in [-0.2, 0) is 6.42 Å². The molecule has 0 aliphatic carbocycles. The van der Waals surface area contributed by atoms with Crippen LogP contribution in [0.2, 0.25) is 5.02 Å². The average molecular weight is 340 g/mol. The third-order valence-electron chi connectivity index (χ3n) is 3.60. The number of hydrogen-bond donors (Lipinski definition) is 1. The van der Waals surface area contributed by atoms with Gasteiger partial charge in [0, 0.05) is 42.9 Å². The standard InChI is InChI=1S/C18H18ClN5/c1-24(12-8-14-5-9-20-10-6-14)17-7-11-21-18(23-17)22-16-4-2-3-15(19)13-16/h2-7,9-11,13H,8,12H2,1H3,(H,21,22,23). The van der Waals surface area contributed by atoms with Crippen LogP contribution in [-0.4, -0.2) is 28.5 Å². The molecule has 0 saturated heterocycles. The molecule has 1 N–H and O–H groups in total. The van der Waals surface area contributed by atoms with Crippen LogP contribution in [0.25, 0.3) is 0 Å².